The Hall–Kier alpha value is -4.11. The van der Waals surface area contributed by atoms with E-state index < -0.39 is 60.0 Å². The molecule has 47 heavy (non-hydrogen) atoms. The number of carbonyl (C=O) groups is 2. The van der Waals surface area contributed by atoms with Gasteiger partial charge < -0.3 is 38.6 Å². The second-order valence-electron chi connectivity index (χ2n) is 12.1. The average molecular weight is 670 g/mol. The summed E-state index contributed by atoms with van der Waals surface area (Å²) in [5, 5.41) is 19.3. The second-order valence-corrected chi connectivity index (χ2v) is 12.1. The van der Waals surface area contributed by atoms with Gasteiger partial charge in [-0.25, -0.2) is 9.18 Å². The van der Waals surface area contributed by atoms with Crippen molar-refractivity contribution < 1.29 is 55.9 Å². The number of esters is 1. The van der Waals surface area contributed by atoms with Crippen LogP contribution in [0.3, 0.4) is 0 Å². The summed E-state index contributed by atoms with van der Waals surface area (Å²) in [5.74, 6) is -5.40. The van der Waals surface area contributed by atoms with Crippen LogP contribution in [0.1, 0.15) is 61.7 Å². The molecule has 1 saturated heterocycles. The first-order valence-corrected chi connectivity index (χ1v) is 14.9. The van der Waals surface area contributed by atoms with Crippen LogP contribution in [0.15, 0.2) is 18.2 Å². The number of methoxy groups -OCH3 is 2. The fraction of sp³-hybridized carbons (Fsp3) is 0.531. The van der Waals surface area contributed by atoms with Gasteiger partial charge in [0.2, 0.25) is 12.0 Å². The van der Waals surface area contributed by atoms with Gasteiger partial charge in [-0.2, -0.15) is 13.2 Å². The smallest absolute Gasteiger partial charge is 0.491 e. The molecule has 0 bridgehead atoms. The first-order valence-electron chi connectivity index (χ1n) is 14.9. The van der Waals surface area contributed by atoms with Crippen LogP contribution in [0.5, 0.6) is 17.2 Å². The largest absolute Gasteiger partial charge is 0.494 e. The fourth-order valence-electron chi connectivity index (χ4n) is 5.70. The minimum atomic E-state index is -5.48. The van der Waals surface area contributed by atoms with Crippen LogP contribution in [0.2, 0.25) is 0 Å². The summed E-state index contributed by atoms with van der Waals surface area (Å²) in [5.41, 5.74) is -0.223. The van der Waals surface area contributed by atoms with E-state index in [9.17, 15) is 27.9 Å². The molecule has 0 saturated carbocycles. The van der Waals surface area contributed by atoms with Crippen molar-refractivity contribution in [3.8, 4) is 17.2 Å². The number of halogens is 4. The Balaban J connectivity index is 1.87. The van der Waals surface area contributed by atoms with Crippen LogP contribution in [0.4, 0.5) is 23.2 Å². The van der Waals surface area contributed by atoms with Crippen molar-refractivity contribution >= 4 is 23.3 Å². The molecule has 2 aliphatic heterocycles. The maximum Gasteiger partial charge on any atom is 0.491 e. The zero-order valence-corrected chi connectivity index (χ0v) is 27.2. The van der Waals surface area contributed by atoms with E-state index in [1.54, 1.807) is 18.7 Å². The van der Waals surface area contributed by atoms with E-state index in [1.165, 1.54) is 32.4 Å². The van der Waals surface area contributed by atoms with Gasteiger partial charge in [0.15, 0.2) is 17.3 Å². The van der Waals surface area contributed by atoms with Gasteiger partial charge in [0.05, 0.1) is 37.7 Å². The van der Waals surface area contributed by atoms with E-state index >= 15 is 4.39 Å². The Labute approximate surface area is 269 Å². The quantitative estimate of drug-likeness (QED) is 0.199. The number of anilines is 1. The zero-order chi connectivity index (χ0) is 35.0. The molecule has 2 aliphatic rings. The highest BCUT2D eigenvalue weighted by Gasteiger charge is 2.47. The highest BCUT2D eigenvalue weighted by Crippen LogP contribution is 2.43. The molecule has 2 N–H and O–H groups in total. The van der Waals surface area contributed by atoms with Crippen molar-refractivity contribution in [3.63, 3.8) is 0 Å². The molecule has 2 aromatic rings. The standard InChI is InChI=1S/C32H39F4N3O8/c1-8-45-21-12-17-13-39(28(37)23(17)24(33)27(21)46-9-2)29(47-30(42)32(34,35)36)25(41)16-10-18(31(3,4)5)26(44-7)19(11-16)38-14-20(40)22(15-38)43-6/h10-12,20,22,29,37,40H,8-9,13-15H2,1-7H3/t20-,22-,29?/m0/s1. The molecule has 258 valence electrons. The number of nitrogens with one attached hydrogen (secondary N) is 1. The Morgan fingerprint density at radius 3 is 2.23 bits per heavy atom. The van der Waals surface area contributed by atoms with E-state index in [-0.39, 0.29) is 54.5 Å². The first kappa shape index (κ1) is 35.7. The summed E-state index contributed by atoms with van der Waals surface area (Å²) in [7, 11) is 2.86. The lowest BCUT2D eigenvalue weighted by molar-refractivity contribution is -0.207. The number of hydrogen-bond acceptors (Lipinski definition) is 10. The lowest BCUT2D eigenvalue weighted by atomic mass is 9.84. The Bertz CT molecular complexity index is 1540. The van der Waals surface area contributed by atoms with Crippen LogP contribution in [-0.2, 0) is 26.2 Å². The van der Waals surface area contributed by atoms with Gasteiger partial charge >= 0.3 is 12.1 Å². The van der Waals surface area contributed by atoms with Gasteiger partial charge in [-0.1, -0.05) is 20.8 Å². The Morgan fingerprint density at radius 2 is 1.70 bits per heavy atom. The molecule has 2 aromatic carbocycles. The molecule has 0 amide bonds. The van der Waals surface area contributed by atoms with Crippen molar-refractivity contribution in [3.05, 3.63) is 46.3 Å². The summed E-state index contributed by atoms with van der Waals surface area (Å²) in [6, 6.07) is 4.17. The molecular formula is C32H39F4N3O8. The predicted octanol–water partition coefficient (Wildman–Crippen LogP) is 4.58. The van der Waals surface area contributed by atoms with Crippen molar-refractivity contribution in [2.75, 3.05) is 45.4 Å². The lowest BCUT2D eigenvalue weighted by Crippen LogP contribution is -2.47. The SMILES string of the molecule is CCOc1cc2c(c(F)c1OCC)C(=N)N(C(OC(=O)C(F)(F)F)C(=O)c1cc(N3C[C@H](OC)[C@@H](O)C3)c(OC)c(C(C)(C)C)c1)C2. The van der Waals surface area contributed by atoms with Crippen molar-refractivity contribution in [2.24, 2.45) is 0 Å². The minimum absolute atomic E-state index is 0.00666. The van der Waals surface area contributed by atoms with Crippen LogP contribution in [-0.4, -0.2) is 92.7 Å². The molecule has 0 spiro atoms. The number of fused-ring (bicyclic) bond motifs is 1. The maximum atomic E-state index is 15.8. The molecule has 3 atom stereocenters. The number of carbonyl (C=O) groups excluding carboxylic acids is 2. The average Bonchev–Trinajstić information content (AvgIpc) is 3.54. The highest BCUT2D eigenvalue weighted by atomic mass is 19.4. The van der Waals surface area contributed by atoms with Gasteiger partial charge in [-0.05, 0) is 43.0 Å². The summed E-state index contributed by atoms with van der Waals surface area (Å²) in [4.78, 5) is 29.0. The molecule has 2 heterocycles. The Morgan fingerprint density at radius 1 is 1.04 bits per heavy atom. The summed E-state index contributed by atoms with van der Waals surface area (Å²) in [6.07, 6.45) is -9.26. The van der Waals surface area contributed by atoms with E-state index in [4.69, 9.17) is 29.1 Å². The van der Waals surface area contributed by atoms with E-state index in [0.717, 1.165) is 4.90 Å². The van der Waals surface area contributed by atoms with Gasteiger partial charge in [-0.15, -0.1) is 0 Å². The third-order valence-corrected chi connectivity index (χ3v) is 7.93. The number of rotatable bonds is 11. The summed E-state index contributed by atoms with van der Waals surface area (Å²) >= 11 is 0. The molecule has 0 radical (unpaired) electrons. The van der Waals surface area contributed by atoms with Crippen LogP contribution in [0, 0.1) is 11.2 Å². The number of ether oxygens (including phenoxy) is 5. The Kier molecular flexibility index (Phi) is 10.3. The van der Waals surface area contributed by atoms with Crippen molar-refractivity contribution in [1.29, 1.82) is 5.41 Å². The molecule has 4 rings (SSSR count). The van der Waals surface area contributed by atoms with Crippen LogP contribution >= 0.6 is 0 Å². The third kappa shape index (κ3) is 6.96. The molecule has 0 aliphatic carbocycles. The number of aliphatic hydroxyl groups is 1. The molecule has 1 unspecified atom stereocenters. The van der Waals surface area contributed by atoms with Gasteiger partial charge in [0.1, 0.15) is 17.7 Å². The van der Waals surface area contributed by atoms with E-state index in [2.05, 4.69) is 0 Å². The van der Waals surface area contributed by atoms with E-state index in [1.807, 2.05) is 20.8 Å². The van der Waals surface area contributed by atoms with Gasteiger partial charge in [0, 0.05) is 37.9 Å². The maximum absolute atomic E-state index is 15.8. The topological polar surface area (TPSA) is 131 Å². The fourth-order valence-corrected chi connectivity index (χ4v) is 5.70. The molecule has 0 aromatic heterocycles. The number of aliphatic hydroxyl groups excluding tert-OH is 1. The van der Waals surface area contributed by atoms with Gasteiger partial charge in [0.25, 0.3) is 0 Å². The number of Topliss-reactive ketones (excluding diaryl/α,β-unsaturated/α-hetero) is 1. The number of alkyl halides is 3. The molecule has 15 heteroatoms. The third-order valence-electron chi connectivity index (χ3n) is 7.93. The number of benzene rings is 2. The normalized spacial score (nSPS) is 18.7. The number of nitrogens with zero attached hydrogens (tertiary/aromatic N) is 2. The first-order chi connectivity index (χ1) is 22.0. The van der Waals surface area contributed by atoms with Crippen molar-refractivity contribution in [1.82, 2.24) is 4.90 Å². The van der Waals surface area contributed by atoms with Gasteiger partial charge in [-0.3, -0.25) is 10.2 Å². The molecule has 11 nitrogen and oxygen atoms in total. The summed E-state index contributed by atoms with van der Waals surface area (Å²) < 4.78 is 83.2. The molecular weight excluding hydrogens is 630 g/mol. The van der Waals surface area contributed by atoms with Crippen molar-refractivity contribution in [2.45, 2.75) is 71.2 Å². The lowest BCUT2D eigenvalue weighted by Gasteiger charge is -2.31. The zero-order valence-electron chi connectivity index (χ0n) is 27.2. The monoisotopic (exact) mass is 669 g/mol. The minimum Gasteiger partial charge on any atom is -0.494 e. The number of ketones is 1. The summed E-state index contributed by atoms with van der Waals surface area (Å²) in [6.45, 7) is 8.81. The van der Waals surface area contributed by atoms with E-state index in [0.29, 0.717) is 17.0 Å². The predicted molar refractivity (Wildman–Crippen MR) is 162 cm³/mol. The van der Waals surface area contributed by atoms with Crippen LogP contribution < -0.4 is 19.1 Å². The number of hydrogen-bond donors (Lipinski definition) is 2. The second kappa shape index (κ2) is 13.6. The van der Waals surface area contributed by atoms with Crippen LogP contribution in [0.25, 0.3) is 0 Å². The highest BCUT2D eigenvalue weighted by molar-refractivity contribution is 6.08. The number of β-amino-alcohol motifs (C(OH)–C–C–N with tert-alkyl or cyclic N) is 1. The number of amidine groups is 1. The molecule has 1 fully saturated rings.